The average Bonchev–Trinajstić information content (AvgIpc) is 2.98. The number of aliphatic imine (C=N–C) groups is 1. The van der Waals surface area contributed by atoms with Crippen LogP contribution >= 0.6 is 11.8 Å². The van der Waals surface area contributed by atoms with Crippen LogP contribution in [-0.4, -0.2) is 69.5 Å². The van der Waals surface area contributed by atoms with E-state index in [1.165, 1.54) is 24.0 Å². The minimum absolute atomic E-state index is 0.0630. The molecule has 2 heterocycles. The Labute approximate surface area is 130 Å². The van der Waals surface area contributed by atoms with Crippen LogP contribution in [0, 0.1) is 0 Å². The summed E-state index contributed by atoms with van der Waals surface area (Å²) in [5.41, 5.74) is 0.211. The monoisotopic (exact) mass is 328 g/mol. The Hall–Kier alpha value is -1.84. The molecule has 0 amide bonds. The molecule has 9 heteroatoms. The molecular weight excluding hydrogens is 312 g/mol. The van der Waals surface area contributed by atoms with Crippen molar-refractivity contribution in [2.24, 2.45) is 4.99 Å². The molecule has 1 unspecified atom stereocenters. The van der Waals surface area contributed by atoms with Crippen LogP contribution in [0.15, 0.2) is 17.3 Å². The van der Waals surface area contributed by atoms with Crippen molar-refractivity contribution in [3.8, 4) is 11.5 Å². The number of aromatic nitrogens is 1. The van der Waals surface area contributed by atoms with Crippen molar-refractivity contribution >= 4 is 22.8 Å². The average molecular weight is 328 g/mol. The number of rotatable bonds is 8. The second-order valence-electron chi connectivity index (χ2n) is 4.29. The lowest BCUT2D eigenvalue weighted by Crippen LogP contribution is -2.17. The third kappa shape index (κ3) is 4.09. The first-order valence-electron chi connectivity index (χ1n) is 6.56. The Morgan fingerprint density at radius 2 is 2.23 bits per heavy atom. The summed E-state index contributed by atoms with van der Waals surface area (Å²) in [6.07, 6.45) is 1.45. The van der Waals surface area contributed by atoms with Gasteiger partial charge in [0.05, 0.1) is 19.8 Å². The number of hydrogen-bond donors (Lipinski definition) is 3. The lowest BCUT2D eigenvalue weighted by atomic mass is 10.3. The molecule has 0 aromatic carbocycles. The zero-order chi connectivity index (χ0) is 15.9. The zero-order valence-corrected chi connectivity index (χ0v) is 12.5. The van der Waals surface area contributed by atoms with Crippen LogP contribution in [0.3, 0.4) is 0 Å². The smallest absolute Gasteiger partial charge is 0.329 e. The molecule has 120 valence electrons. The van der Waals surface area contributed by atoms with Gasteiger partial charge in [-0.15, -0.1) is 11.8 Å². The van der Waals surface area contributed by atoms with E-state index in [0.29, 0.717) is 10.8 Å². The molecule has 8 nitrogen and oxygen atoms in total. The van der Waals surface area contributed by atoms with Crippen molar-refractivity contribution in [2.45, 2.75) is 6.04 Å². The third-order valence-corrected chi connectivity index (χ3v) is 3.80. The van der Waals surface area contributed by atoms with Gasteiger partial charge >= 0.3 is 5.97 Å². The number of pyridine rings is 1. The van der Waals surface area contributed by atoms with E-state index in [0.717, 1.165) is 0 Å². The van der Waals surface area contributed by atoms with Crippen LogP contribution in [0.4, 0.5) is 0 Å². The number of hydrogen-bond acceptors (Lipinski definition) is 8. The zero-order valence-electron chi connectivity index (χ0n) is 11.6. The van der Waals surface area contributed by atoms with Crippen LogP contribution < -0.4 is 4.74 Å². The Balaban J connectivity index is 2.03. The van der Waals surface area contributed by atoms with Crippen molar-refractivity contribution < 1.29 is 29.6 Å². The van der Waals surface area contributed by atoms with Gasteiger partial charge in [-0.3, -0.25) is 4.99 Å². The summed E-state index contributed by atoms with van der Waals surface area (Å²) >= 11 is 1.23. The fourth-order valence-electron chi connectivity index (χ4n) is 1.72. The van der Waals surface area contributed by atoms with Gasteiger partial charge in [0.25, 0.3) is 0 Å². The van der Waals surface area contributed by atoms with E-state index in [4.69, 9.17) is 19.7 Å². The van der Waals surface area contributed by atoms with Crippen LogP contribution in [-0.2, 0) is 9.53 Å². The van der Waals surface area contributed by atoms with Crippen molar-refractivity contribution in [1.82, 2.24) is 4.98 Å². The maximum Gasteiger partial charge on any atom is 0.329 e. The second kappa shape index (κ2) is 7.97. The van der Waals surface area contributed by atoms with Gasteiger partial charge in [0.15, 0.2) is 17.5 Å². The number of carbonyl (C=O) groups is 1. The van der Waals surface area contributed by atoms with E-state index in [1.54, 1.807) is 0 Å². The van der Waals surface area contributed by atoms with E-state index >= 15 is 0 Å². The number of aliphatic hydroxyl groups excluding tert-OH is 1. The minimum atomic E-state index is -1.00. The molecular formula is C13H16N2O6S. The first kappa shape index (κ1) is 16.5. The fraction of sp³-hybridized carbons (Fsp3) is 0.462. The first-order chi connectivity index (χ1) is 10.6. The molecule has 0 saturated heterocycles. The Kier molecular flexibility index (Phi) is 5.99. The summed E-state index contributed by atoms with van der Waals surface area (Å²) in [4.78, 5) is 19.0. The van der Waals surface area contributed by atoms with Gasteiger partial charge in [-0.1, -0.05) is 0 Å². The summed E-state index contributed by atoms with van der Waals surface area (Å²) in [7, 11) is 0. The molecule has 1 aliphatic rings. The SMILES string of the molecule is O=C(O)C1CSC(c2nccc(OCCOCCO)c2O)=N1. The number of carboxylic acids is 1. The summed E-state index contributed by atoms with van der Waals surface area (Å²) in [6.45, 7) is 0.635. The van der Waals surface area contributed by atoms with Crippen molar-refractivity contribution in [1.29, 1.82) is 0 Å². The summed E-state index contributed by atoms with van der Waals surface area (Å²) in [5.74, 6) is -0.650. The summed E-state index contributed by atoms with van der Waals surface area (Å²) < 4.78 is 10.4. The van der Waals surface area contributed by atoms with E-state index < -0.39 is 12.0 Å². The van der Waals surface area contributed by atoms with Gasteiger partial charge in [-0.05, 0) is 0 Å². The minimum Gasteiger partial charge on any atom is -0.503 e. The molecule has 1 aromatic heterocycles. The quantitative estimate of drug-likeness (QED) is 0.575. The predicted octanol–water partition coefficient (Wildman–Crippen LogP) is 0.121. The summed E-state index contributed by atoms with van der Waals surface area (Å²) in [6, 6.07) is 0.678. The normalized spacial score (nSPS) is 17.3. The molecule has 22 heavy (non-hydrogen) atoms. The summed E-state index contributed by atoms with van der Waals surface area (Å²) in [5, 5.41) is 28.1. The first-order valence-corrected chi connectivity index (χ1v) is 7.55. The topological polar surface area (TPSA) is 121 Å². The molecule has 0 radical (unpaired) electrons. The number of thioether (sulfide) groups is 1. The van der Waals surface area contributed by atoms with Crippen molar-refractivity contribution in [3.63, 3.8) is 0 Å². The molecule has 1 aromatic rings. The van der Waals surface area contributed by atoms with Crippen LogP contribution in [0.2, 0.25) is 0 Å². The van der Waals surface area contributed by atoms with E-state index in [1.807, 2.05) is 0 Å². The standard InChI is InChI=1S/C13H16N2O6S/c16-3-4-20-5-6-21-9-1-2-14-10(11(9)17)12-15-8(7-22-12)13(18)19/h1-2,8,16-17H,3-7H2,(H,18,19). The second-order valence-corrected chi connectivity index (χ2v) is 5.30. The van der Waals surface area contributed by atoms with E-state index in [2.05, 4.69) is 9.98 Å². The number of aliphatic carboxylic acids is 1. The largest absolute Gasteiger partial charge is 0.503 e. The van der Waals surface area contributed by atoms with Crippen LogP contribution in [0.1, 0.15) is 5.69 Å². The predicted molar refractivity (Wildman–Crippen MR) is 79.7 cm³/mol. The van der Waals surface area contributed by atoms with Gasteiger partial charge in [0.1, 0.15) is 17.3 Å². The maximum absolute atomic E-state index is 10.9. The Morgan fingerprint density at radius 1 is 1.41 bits per heavy atom. The molecule has 2 rings (SSSR count). The highest BCUT2D eigenvalue weighted by Gasteiger charge is 2.28. The lowest BCUT2D eigenvalue weighted by molar-refractivity contribution is -0.137. The highest BCUT2D eigenvalue weighted by Crippen LogP contribution is 2.33. The molecule has 0 fully saturated rings. The molecule has 1 aliphatic heterocycles. The third-order valence-electron chi connectivity index (χ3n) is 2.75. The Bertz CT molecular complexity index is 565. The van der Waals surface area contributed by atoms with Crippen molar-refractivity contribution in [3.05, 3.63) is 18.0 Å². The molecule has 0 saturated carbocycles. The van der Waals surface area contributed by atoms with Crippen molar-refractivity contribution in [2.75, 3.05) is 32.2 Å². The van der Waals surface area contributed by atoms with Gasteiger partial charge in [-0.25, -0.2) is 9.78 Å². The number of nitrogens with zero attached hydrogens (tertiary/aromatic N) is 2. The maximum atomic E-state index is 10.9. The van der Waals surface area contributed by atoms with Gasteiger partial charge in [0, 0.05) is 18.0 Å². The highest BCUT2D eigenvalue weighted by molar-refractivity contribution is 8.14. The molecule has 0 aliphatic carbocycles. The number of carboxylic acid groups (broad SMARTS) is 1. The number of ether oxygens (including phenoxy) is 2. The van der Waals surface area contributed by atoms with E-state index in [-0.39, 0.29) is 43.6 Å². The highest BCUT2D eigenvalue weighted by atomic mass is 32.2. The fourth-order valence-corrected chi connectivity index (χ4v) is 2.74. The number of aromatic hydroxyl groups is 1. The van der Waals surface area contributed by atoms with Gasteiger partial charge in [-0.2, -0.15) is 0 Å². The number of aliphatic hydroxyl groups is 1. The van der Waals surface area contributed by atoms with Gasteiger partial charge in [0.2, 0.25) is 0 Å². The van der Waals surface area contributed by atoms with E-state index in [9.17, 15) is 9.90 Å². The Morgan fingerprint density at radius 3 is 2.91 bits per heavy atom. The molecule has 0 spiro atoms. The van der Waals surface area contributed by atoms with Crippen LogP contribution in [0.25, 0.3) is 0 Å². The molecule has 3 N–H and O–H groups in total. The van der Waals surface area contributed by atoms with Crippen LogP contribution in [0.5, 0.6) is 11.5 Å². The molecule has 1 atom stereocenters. The lowest BCUT2D eigenvalue weighted by Gasteiger charge is -2.10. The van der Waals surface area contributed by atoms with Gasteiger partial charge < -0.3 is 24.8 Å². The molecule has 0 bridgehead atoms.